The van der Waals surface area contributed by atoms with E-state index in [0.29, 0.717) is 19.2 Å². The fourth-order valence-corrected chi connectivity index (χ4v) is 3.99. The number of hydrogen-bond donors (Lipinski definition) is 1. The highest BCUT2D eigenvalue weighted by Crippen LogP contribution is 2.35. The molecule has 1 aromatic carbocycles. The van der Waals surface area contributed by atoms with Crippen molar-refractivity contribution in [3.63, 3.8) is 0 Å². The van der Waals surface area contributed by atoms with Gasteiger partial charge in [0.25, 0.3) is 0 Å². The Morgan fingerprint density at radius 2 is 2.07 bits per heavy atom. The van der Waals surface area contributed by atoms with Gasteiger partial charge in [0, 0.05) is 62.4 Å². The summed E-state index contributed by atoms with van der Waals surface area (Å²) < 4.78 is 11.6. The van der Waals surface area contributed by atoms with Crippen molar-refractivity contribution in [3.8, 4) is 11.5 Å². The first-order valence-electron chi connectivity index (χ1n) is 10.9. The predicted octanol–water partition coefficient (Wildman–Crippen LogP) is 2.56. The zero-order valence-corrected chi connectivity index (χ0v) is 18.2. The third-order valence-corrected chi connectivity index (χ3v) is 5.79. The second kappa shape index (κ2) is 10.1. The minimum atomic E-state index is -0.0822. The number of carbonyl (C=O) groups excluding carboxylic acids is 1. The number of nitrogens with one attached hydrogen (secondary N) is 1. The van der Waals surface area contributed by atoms with Crippen LogP contribution >= 0.6 is 0 Å². The monoisotopic (exact) mass is 401 g/mol. The number of rotatable bonds is 8. The predicted molar refractivity (Wildman–Crippen MR) is 117 cm³/mol. The summed E-state index contributed by atoms with van der Waals surface area (Å²) in [6.07, 6.45) is 4.48. The van der Waals surface area contributed by atoms with E-state index in [0.717, 1.165) is 56.2 Å². The number of fused-ring (bicyclic) bond motifs is 1. The highest BCUT2D eigenvalue weighted by Gasteiger charge is 2.22. The molecular formula is C23H35N3O3. The zero-order chi connectivity index (χ0) is 20.8. The first-order valence-corrected chi connectivity index (χ1v) is 10.9. The van der Waals surface area contributed by atoms with Crippen molar-refractivity contribution in [2.24, 2.45) is 0 Å². The van der Waals surface area contributed by atoms with Crippen LogP contribution in [0.5, 0.6) is 11.5 Å². The van der Waals surface area contributed by atoms with Crippen LogP contribution in [-0.2, 0) is 11.2 Å². The molecule has 6 heteroatoms. The van der Waals surface area contributed by atoms with Crippen LogP contribution in [0.2, 0.25) is 0 Å². The summed E-state index contributed by atoms with van der Waals surface area (Å²) in [5.41, 5.74) is 2.04. The Bertz CT molecular complexity index is 726. The maximum absolute atomic E-state index is 12.4. The Balaban J connectivity index is 1.54. The molecule has 1 saturated heterocycles. The maximum Gasteiger partial charge on any atom is 0.244 e. The van der Waals surface area contributed by atoms with Crippen LogP contribution in [0.25, 0.3) is 6.08 Å². The fourth-order valence-electron chi connectivity index (χ4n) is 3.99. The van der Waals surface area contributed by atoms with Crippen LogP contribution in [-0.4, -0.2) is 73.7 Å². The third-order valence-electron chi connectivity index (χ3n) is 5.79. The van der Waals surface area contributed by atoms with Gasteiger partial charge < -0.3 is 19.7 Å². The Hall–Kier alpha value is -2.05. The summed E-state index contributed by atoms with van der Waals surface area (Å²) in [7, 11) is 0. The molecule has 2 heterocycles. The summed E-state index contributed by atoms with van der Waals surface area (Å²) in [5.74, 6) is 1.61. The van der Waals surface area contributed by atoms with Crippen LogP contribution < -0.4 is 14.8 Å². The van der Waals surface area contributed by atoms with Gasteiger partial charge in [-0.3, -0.25) is 9.69 Å². The van der Waals surface area contributed by atoms with E-state index < -0.39 is 0 Å². The van der Waals surface area contributed by atoms with Crippen molar-refractivity contribution in [3.05, 3.63) is 29.3 Å². The van der Waals surface area contributed by atoms with Crippen LogP contribution in [0.4, 0.5) is 0 Å². The first-order chi connectivity index (χ1) is 14.0. The van der Waals surface area contributed by atoms with E-state index >= 15 is 0 Å². The summed E-state index contributed by atoms with van der Waals surface area (Å²) in [6, 6.07) is 4.35. The molecule has 0 radical (unpaired) electrons. The normalized spacial score (nSPS) is 21.0. The molecule has 1 aromatic rings. The molecule has 0 spiro atoms. The summed E-state index contributed by atoms with van der Waals surface area (Å²) >= 11 is 0. The second-order valence-electron chi connectivity index (χ2n) is 7.96. The minimum Gasteiger partial charge on any atom is -0.493 e. The Morgan fingerprint density at radius 1 is 1.31 bits per heavy atom. The van der Waals surface area contributed by atoms with E-state index in [1.165, 1.54) is 5.56 Å². The molecule has 1 fully saturated rings. The highest BCUT2D eigenvalue weighted by molar-refractivity contribution is 5.92. The molecule has 0 aliphatic carbocycles. The van der Waals surface area contributed by atoms with Gasteiger partial charge in [-0.1, -0.05) is 6.92 Å². The topological polar surface area (TPSA) is 54.0 Å². The molecule has 2 aliphatic heterocycles. The van der Waals surface area contributed by atoms with Gasteiger partial charge in [-0.2, -0.15) is 0 Å². The molecule has 29 heavy (non-hydrogen) atoms. The number of nitrogens with zero attached hydrogens (tertiary/aromatic N) is 2. The van der Waals surface area contributed by atoms with Crippen molar-refractivity contribution >= 4 is 12.0 Å². The van der Waals surface area contributed by atoms with Crippen molar-refractivity contribution in [2.45, 2.75) is 46.3 Å². The molecule has 2 unspecified atom stereocenters. The van der Waals surface area contributed by atoms with E-state index in [1.807, 2.05) is 25.1 Å². The number of amides is 1. The van der Waals surface area contributed by atoms with E-state index in [4.69, 9.17) is 9.47 Å². The molecule has 6 nitrogen and oxygen atoms in total. The lowest BCUT2D eigenvalue weighted by atomic mass is 10.1. The second-order valence-corrected chi connectivity index (χ2v) is 7.96. The largest absolute Gasteiger partial charge is 0.493 e. The SMILES string of the molecule is CCOc1cc2c(cc1/C=C/C(=O)NCC(C)N1CCN(CC)CC1)OC(C)C2. The van der Waals surface area contributed by atoms with Crippen molar-refractivity contribution < 1.29 is 14.3 Å². The van der Waals surface area contributed by atoms with Gasteiger partial charge in [0.1, 0.15) is 17.6 Å². The third kappa shape index (κ3) is 5.73. The van der Waals surface area contributed by atoms with Gasteiger partial charge in [-0.25, -0.2) is 0 Å². The number of carbonyl (C=O) groups is 1. The lowest BCUT2D eigenvalue weighted by Crippen LogP contribution is -2.52. The van der Waals surface area contributed by atoms with Gasteiger partial charge in [-0.05, 0) is 45.5 Å². The molecule has 2 atom stereocenters. The van der Waals surface area contributed by atoms with Crippen LogP contribution in [0.1, 0.15) is 38.8 Å². The number of likely N-dealkylation sites (N-methyl/N-ethyl adjacent to an activating group) is 1. The smallest absolute Gasteiger partial charge is 0.244 e. The van der Waals surface area contributed by atoms with Crippen LogP contribution in [0, 0.1) is 0 Å². The summed E-state index contributed by atoms with van der Waals surface area (Å²) in [6.45, 7) is 15.1. The minimum absolute atomic E-state index is 0.0822. The molecule has 1 N–H and O–H groups in total. The number of piperazine rings is 1. The van der Waals surface area contributed by atoms with E-state index in [1.54, 1.807) is 6.08 Å². The first kappa shape index (κ1) is 21.7. The van der Waals surface area contributed by atoms with E-state index in [-0.39, 0.29) is 12.0 Å². The van der Waals surface area contributed by atoms with E-state index in [9.17, 15) is 4.79 Å². The standard InChI is InChI=1S/C23H35N3O3/c1-5-25-9-11-26(12-10-25)17(3)16-24-23(27)8-7-19-14-22-20(13-18(4)29-22)15-21(19)28-6-2/h7-8,14-15,17-18H,5-6,9-13,16H2,1-4H3,(H,24,27)/b8-7+. The number of benzene rings is 1. The molecule has 1 amide bonds. The molecule has 0 aromatic heterocycles. The average molecular weight is 402 g/mol. The lowest BCUT2D eigenvalue weighted by Gasteiger charge is -2.37. The molecule has 0 saturated carbocycles. The van der Waals surface area contributed by atoms with Crippen molar-refractivity contribution in [2.75, 3.05) is 45.9 Å². The molecular weight excluding hydrogens is 366 g/mol. The lowest BCUT2D eigenvalue weighted by molar-refractivity contribution is -0.116. The molecule has 160 valence electrons. The maximum atomic E-state index is 12.4. The van der Waals surface area contributed by atoms with Gasteiger partial charge >= 0.3 is 0 Å². The summed E-state index contributed by atoms with van der Waals surface area (Å²) in [5, 5.41) is 3.03. The quantitative estimate of drug-likeness (QED) is 0.679. The molecule has 2 aliphatic rings. The van der Waals surface area contributed by atoms with Crippen molar-refractivity contribution in [1.82, 2.24) is 15.1 Å². The Morgan fingerprint density at radius 3 is 2.76 bits per heavy atom. The van der Waals surface area contributed by atoms with Gasteiger partial charge in [0.15, 0.2) is 0 Å². The van der Waals surface area contributed by atoms with Crippen LogP contribution in [0.15, 0.2) is 18.2 Å². The highest BCUT2D eigenvalue weighted by atomic mass is 16.5. The van der Waals surface area contributed by atoms with E-state index in [2.05, 4.69) is 35.9 Å². The van der Waals surface area contributed by atoms with Gasteiger partial charge in [-0.15, -0.1) is 0 Å². The zero-order valence-electron chi connectivity index (χ0n) is 18.2. The fraction of sp³-hybridized carbons (Fsp3) is 0.609. The van der Waals surface area contributed by atoms with Gasteiger partial charge in [0.2, 0.25) is 5.91 Å². The van der Waals surface area contributed by atoms with Crippen LogP contribution in [0.3, 0.4) is 0 Å². The number of hydrogen-bond acceptors (Lipinski definition) is 5. The van der Waals surface area contributed by atoms with Gasteiger partial charge in [0.05, 0.1) is 6.61 Å². The molecule has 0 bridgehead atoms. The van der Waals surface area contributed by atoms with Crippen molar-refractivity contribution in [1.29, 1.82) is 0 Å². The number of ether oxygens (including phenoxy) is 2. The Kier molecular flexibility index (Phi) is 7.56. The average Bonchev–Trinajstić information content (AvgIpc) is 3.09. The summed E-state index contributed by atoms with van der Waals surface area (Å²) in [4.78, 5) is 17.3. The molecule has 3 rings (SSSR count). The Labute approximate surface area is 174 Å².